The third kappa shape index (κ3) is 5.66. The maximum Gasteiger partial charge on any atom is 0.341 e. The molecule has 0 bridgehead atoms. The van der Waals surface area contributed by atoms with E-state index in [1.54, 1.807) is 0 Å². The van der Waals surface area contributed by atoms with Crippen LogP contribution in [-0.4, -0.2) is 63.0 Å². The normalized spacial score (nSPS) is 18.3. The minimum Gasteiger partial charge on any atom is -0.497 e. The Morgan fingerprint density at radius 1 is 1.33 bits per heavy atom. The second kappa shape index (κ2) is 8.69. The summed E-state index contributed by atoms with van der Waals surface area (Å²) in [5.74, 6) is -1.95. The largest absolute Gasteiger partial charge is 0.497 e. The van der Waals surface area contributed by atoms with Crippen LogP contribution in [0.1, 0.15) is 30.6 Å². The summed E-state index contributed by atoms with van der Waals surface area (Å²) in [6.45, 7) is 3.59. The molecule has 1 fully saturated rings. The monoisotopic (exact) mass is 401 g/mol. The van der Waals surface area contributed by atoms with E-state index < -0.39 is 40.2 Å². The van der Waals surface area contributed by atoms with E-state index in [1.807, 2.05) is 13.8 Å². The number of esters is 1. The number of carbonyl (C=O) groups excluding carboxylic acids is 2. The Bertz CT molecular complexity index is 808. The minimum atomic E-state index is -3.16. The lowest BCUT2D eigenvalue weighted by molar-refractivity contribution is -0.137. The molecular weight excluding hydrogens is 377 g/mol. The van der Waals surface area contributed by atoms with E-state index in [0.29, 0.717) is 13.0 Å². The topological polar surface area (TPSA) is 90.0 Å². The molecule has 1 heterocycles. The minimum absolute atomic E-state index is 0.0381. The molecule has 9 heteroatoms. The molecule has 1 amide bonds. The average Bonchev–Trinajstić information content (AvgIpc) is 2.96. The summed E-state index contributed by atoms with van der Waals surface area (Å²) in [4.78, 5) is 26.1. The Morgan fingerprint density at radius 2 is 2.04 bits per heavy atom. The van der Waals surface area contributed by atoms with Gasteiger partial charge in [0.25, 0.3) is 5.91 Å². The third-order valence-corrected chi connectivity index (χ3v) is 6.00. The Labute approximate surface area is 158 Å². The first-order valence-corrected chi connectivity index (χ1v) is 10.5. The molecule has 0 saturated carbocycles. The van der Waals surface area contributed by atoms with Gasteiger partial charge in [-0.1, -0.05) is 13.8 Å². The van der Waals surface area contributed by atoms with Crippen molar-refractivity contribution in [3.8, 4) is 5.75 Å². The number of rotatable bonds is 7. The number of ether oxygens (including phenoxy) is 2. The second-order valence-electron chi connectivity index (χ2n) is 6.92. The summed E-state index contributed by atoms with van der Waals surface area (Å²) in [7, 11) is -1.79. The number of nitrogens with zero attached hydrogens (tertiary/aromatic N) is 1. The summed E-state index contributed by atoms with van der Waals surface area (Å²) >= 11 is 0. The van der Waals surface area contributed by atoms with Gasteiger partial charge in [-0.2, -0.15) is 0 Å². The highest BCUT2D eigenvalue weighted by molar-refractivity contribution is 7.91. The van der Waals surface area contributed by atoms with E-state index in [2.05, 4.69) is 0 Å². The van der Waals surface area contributed by atoms with Crippen LogP contribution >= 0.6 is 0 Å². The number of amides is 1. The van der Waals surface area contributed by atoms with Crippen molar-refractivity contribution in [1.29, 1.82) is 0 Å². The maximum atomic E-state index is 13.9. The van der Waals surface area contributed by atoms with Crippen molar-refractivity contribution in [2.75, 3.05) is 31.8 Å². The van der Waals surface area contributed by atoms with Crippen LogP contribution in [0.3, 0.4) is 0 Å². The molecule has 0 aliphatic carbocycles. The zero-order chi connectivity index (χ0) is 20.2. The first-order valence-electron chi connectivity index (χ1n) is 8.63. The predicted octanol–water partition coefficient (Wildman–Crippen LogP) is 1.66. The standard InChI is InChI=1S/C18H24FNO6S/c1-12(2)9-20(13-6-7-27(23,24)11-13)17(21)10-26-18(22)15-5-4-14(25-3)8-16(15)19/h4-5,8,12-13H,6-7,9-11H2,1-3H3/t13-/m0/s1. The van der Waals surface area contributed by atoms with Crippen LogP contribution < -0.4 is 4.74 Å². The van der Waals surface area contributed by atoms with E-state index in [-0.39, 0.29) is 28.7 Å². The van der Waals surface area contributed by atoms with Gasteiger partial charge in [-0.05, 0) is 24.5 Å². The van der Waals surface area contributed by atoms with E-state index >= 15 is 0 Å². The number of sulfone groups is 1. The van der Waals surface area contributed by atoms with Gasteiger partial charge in [0, 0.05) is 18.7 Å². The summed E-state index contributed by atoms with van der Waals surface area (Å²) in [5, 5.41) is 0. The lowest BCUT2D eigenvalue weighted by atomic mass is 10.1. The molecule has 1 aromatic rings. The van der Waals surface area contributed by atoms with Crippen LogP contribution in [0.4, 0.5) is 4.39 Å². The van der Waals surface area contributed by atoms with Crippen LogP contribution in [0.2, 0.25) is 0 Å². The van der Waals surface area contributed by atoms with Gasteiger partial charge in [-0.15, -0.1) is 0 Å². The number of carbonyl (C=O) groups is 2. The van der Waals surface area contributed by atoms with Crippen LogP contribution in [0.5, 0.6) is 5.75 Å². The zero-order valence-electron chi connectivity index (χ0n) is 15.6. The number of hydrogen-bond acceptors (Lipinski definition) is 6. The lowest BCUT2D eigenvalue weighted by Crippen LogP contribution is -2.45. The van der Waals surface area contributed by atoms with Gasteiger partial charge in [-0.3, -0.25) is 4.79 Å². The van der Waals surface area contributed by atoms with Gasteiger partial charge in [0.15, 0.2) is 16.4 Å². The van der Waals surface area contributed by atoms with E-state index in [4.69, 9.17) is 9.47 Å². The number of methoxy groups -OCH3 is 1. The van der Waals surface area contributed by atoms with Gasteiger partial charge in [0.2, 0.25) is 0 Å². The van der Waals surface area contributed by atoms with Gasteiger partial charge < -0.3 is 14.4 Å². The predicted molar refractivity (Wildman–Crippen MR) is 96.8 cm³/mol. The smallest absolute Gasteiger partial charge is 0.341 e. The average molecular weight is 401 g/mol. The molecule has 2 rings (SSSR count). The first kappa shape index (κ1) is 21.1. The summed E-state index contributed by atoms with van der Waals surface area (Å²) in [6.07, 6.45) is 0.363. The van der Waals surface area contributed by atoms with E-state index in [0.717, 1.165) is 6.07 Å². The lowest BCUT2D eigenvalue weighted by Gasteiger charge is -2.29. The fourth-order valence-corrected chi connectivity index (χ4v) is 4.68. The highest BCUT2D eigenvalue weighted by Crippen LogP contribution is 2.20. The second-order valence-corrected chi connectivity index (χ2v) is 9.15. The highest BCUT2D eigenvalue weighted by atomic mass is 32.2. The quantitative estimate of drug-likeness (QED) is 0.646. The fraction of sp³-hybridized carbons (Fsp3) is 0.556. The highest BCUT2D eigenvalue weighted by Gasteiger charge is 2.35. The number of benzene rings is 1. The molecule has 0 aromatic heterocycles. The number of hydrogen-bond donors (Lipinski definition) is 0. The van der Waals surface area contributed by atoms with Crippen molar-refractivity contribution in [2.24, 2.45) is 5.92 Å². The van der Waals surface area contributed by atoms with E-state index in [1.165, 1.54) is 24.1 Å². The van der Waals surface area contributed by atoms with Gasteiger partial charge in [0.1, 0.15) is 11.6 Å². The number of halogens is 1. The SMILES string of the molecule is COc1ccc(C(=O)OCC(=O)N(CC(C)C)[C@H]2CCS(=O)(=O)C2)c(F)c1. The molecule has 1 aliphatic rings. The first-order chi connectivity index (χ1) is 12.6. The summed E-state index contributed by atoms with van der Waals surface area (Å²) in [6, 6.07) is 3.25. The Balaban J connectivity index is 2.03. The van der Waals surface area contributed by atoms with Crippen molar-refractivity contribution in [1.82, 2.24) is 4.90 Å². The molecule has 1 saturated heterocycles. The molecule has 27 heavy (non-hydrogen) atoms. The Hall–Kier alpha value is -2.16. The van der Waals surface area contributed by atoms with Crippen molar-refractivity contribution in [3.63, 3.8) is 0 Å². The molecular formula is C18H24FNO6S. The molecule has 1 aliphatic heterocycles. The Morgan fingerprint density at radius 3 is 2.56 bits per heavy atom. The van der Waals surface area contributed by atoms with Crippen LogP contribution in [0, 0.1) is 11.7 Å². The molecule has 7 nitrogen and oxygen atoms in total. The van der Waals surface area contributed by atoms with Crippen molar-refractivity contribution >= 4 is 21.7 Å². The van der Waals surface area contributed by atoms with Crippen molar-refractivity contribution < 1.29 is 31.9 Å². The van der Waals surface area contributed by atoms with Crippen LogP contribution in [0.15, 0.2) is 18.2 Å². The molecule has 0 radical (unpaired) electrons. The Kier molecular flexibility index (Phi) is 6.80. The molecule has 1 atom stereocenters. The van der Waals surface area contributed by atoms with Crippen molar-refractivity contribution in [3.05, 3.63) is 29.6 Å². The third-order valence-electron chi connectivity index (χ3n) is 4.25. The summed E-state index contributed by atoms with van der Waals surface area (Å²) < 4.78 is 47.2. The van der Waals surface area contributed by atoms with Gasteiger partial charge in [-0.25, -0.2) is 17.6 Å². The fourth-order valence-electron chi connectivity index (χ4n) is 2.95. The molecule has 1 aromatic carbocycles. The van der Waals surface area contributed by atoms with Crippen LogP contribution in [0.25, 0.3) is 0 Å². The molecule has 150 valence electrons. The maximum absolute atomic E-state index is 13.9. The van der Waals surface area contributed by atoms with Crippen LogP contribution in [-0.2, 0) is 19.4 Å². The van der Waals surface area contributed by atoms with Gasteiger partial charge >= 0.3 is 5.97 Å². The van der Waals surface area contributed by atoms with Gasteiger partial charge in [0.05, 0.1) is 24.2 Å². The molecule has 0 spiro atoms. The van der Waals surface area contributed by atoms with E-state index in [9.17, 15) is 22.4 Å². The molecule has 0 unspecified atom stereocenters. The zero-order valence-corrected chi connectivity index (χ0v) is 16.4. The molecule has 0 N–H and O–H groups in total. The summed E-state index contributed by atoms with van der Waals surface area (Å²) in [5.41, 5.74) is -0.303. The van der Waals surface area contributed by atoms with Crippen molar-refractivity contribution in [2.45, 2.75) is 26.3 Å².